The van der Waals surface area contributed by atoms with Crippen LogP contribution in [0.3, 0.4) is 0 Å². The summed E-state index contributed by atoms with van der Waals surface area (Å²) in [5.74, 6) is -1.36. The maximum atomic E-state index is 13.0. The van der Waals surface area contributed by atoms with Crippen LogP contribution in [0.4, 0.5) is 5.69 Å². The van der Waals surface area contributed by atoms with Crippen LogP contribution >= 0.6 is 0 Å². The summed E-state index contributed by atoms with van der Waals surface area (Å²) in [7, 11) is 0. The zero-order chi connectivity index (χ0) is 25.6. The Balaban J connectivity index is 2.07. The van der Waals surface area contributed by atoms with Crippen molar-refractivity contribution < 1.29 is 14.4 Å². The average Bonchev–Trinajstić information content (AvgIpc) is 2.87. The lowest BCUT2D eigenvalue weighted by Gasteiger charge is -2.24. The molecule has 0 aliphatic rings. The Bertz CT molecular complexity index is 1000. The molecule has 2 atom stereocenters. The Morgan fingerprint density at radius 2 is 1.57 bits per heavy atom. The van der Waals surface area contributed by atoms with Gasteiger partial charge in [-0.25, -0.2) is 0 Å². The minimum Gasteiger partial charge on any atom is -0.343 e. The van der Waals surface area contributed by atoms with Crippen molar-refractivity contribution in [2.75, 3.05) is 31.5 Å². The molecule has 0 heterocycles. The molecule has 3 amide bonds. The number of hydrogen-bond donors (Lipinski definition) is 5. The van der Waals surface area contributed by atoms with Gasteiger partial charge in [-0.2, -0.15) is 5.26 Å². The van der Waals surface area contributed by atoms with Crippen molar-refractivity contribution in [2.24, 2.45) is 17.2 Å². The first kappa shape index (κ1) is 27.5. The molecule has 0 aliphatic carbocycles. The first-order chi connectivity index (χ1) is 16.9. The van der Waals surface area contributed by atoms with Gasteiger partial charge in [-0.05, 0) is 42.7 Å². The Labute approximate surface area is 205 Å². The number of nitrogens with one attached hydrogen (secondary N) is 2. The number of nitriles is 1. The van der Waals surface area contributed by atoms with Crippen molar-refractivity contribution >= 4 is 23.4 Å². The lowest BCUT2D eigenvalue weighted by molar-refractivity contribution is -0.134. The van der Waals surface area contributed by atoms with Crippen molar-refractivity contribution in [1.82, 2.24) is 10.2 Å². The predicted octanol–water partition coefficient (Wildman–Crippen LogP) is 0.0778. The van der Waals surface area contributed by atoms with Gasteiger partial charge in [0.25, 0.3) is 0 Å². The minimum absolute atomic E-state index is 0.228. The van der Waals surface area contributed by atoms with Crippen molar-refractivity contribution in [3.63, 3.8) is 0 Å². The van der Waals surface area contributed by atoms with Gasteiger partial charge in [0.2, 0.25) is 17.7 Å². The lowest BCUT2D eigenvalue weighted by atomic mass is 10.0. The molecular weight excluding hydrogens is 446 g/mol. The van der Waals surface area contributed by atoms with Crippen molar-refractivity contribution in [3.05, 3.63) is 65.7 Å². The fourth-order valence-electron chi connectivity index (χ4n) is 3.44. The molecule has 10 nitrogen and oxygen atoms in total. The minimum atomic E-state index is -1.14. The molecule has 8 N–H and O–H groups in total. The summed E-state index contributed by atoms with van der Waals surface area (Å²) in [5.41, 5.74) is 19.1. The fourth-order valence-corrected chi connectivity index (χ4v) is 3.44. The first-order valence-electron chi connectivity index (χ1n) is 11.5. The normalized spacial score (nSPS) is 12.2. The van der Waals surface area contributed by atoms with E-state index in [1.165, 1.54) is 4.90 Å². The molecule has 2 aromatic carbocycles. The molecule has 0 aliphatic heterocycles. The van der Waals surface area contributed by atoms with Crippen LogP contribution in [0.15, 0.2) is 54.6 Å². The van der Waals surface area contributed by atoms with E-state index in [-0.39, 0.29) is 25.4 Å². The van der Waals surface area contributed by atoms with Gasteiger partial charge in [-0.1, -0.05) is 30.3 Å². The third kappa shape index (κ3) is 9.17. The van der Waals surface area contributed by atoms with Crippen LogP contribution in [-0.4, -0.2) is 60.9 Å². The second-order valence-electron chi connectivity index (χ2n) is 8.03. The highest BCUT2D eigenvalue weighted by molar-refractivity contribution is 5.98. The number of hydrogen-bond acceptors (Lipinski definition) is 7. The number of amides is 3. The largest absolute Gasteiger partial charge is 0.343 e. The van der Waals surface area contributed by atoms with Gasteiger partial charge in [-0.3, -0.25) is 14.4 Å². The standard InChI is InChI=1S/C25H33N7O3/c26-12-14-32(15-13-27)23(33)16-21(29)24(34)31-22(11-8-18-4-2-1-3-5-18)25(35)30-20-9-6-19(17-28)7-10-20/h1-7,9-10,21-22H,8,11-16,26-27,29H2,(H,30,35)(H,31,34). The summed E-state index contributed by atoms with van der Waals surface area (Å²) in [6, 6.07) is 16.0. The summed E-state index contributed by atoms with van der Waals surface area (Å²) >= 11 is 0. The molecule has 35 heavy (non-hydrogen) atoms. The first-order valence-corrected chi connectivity index (χ1v) is 11.5. The Morgan fingerprint density at radius 1 is 0.943 bits per heavy atom. The molecule has 2 rings (SSSR count). The number of rotatable bonds is 13. The van der Waals surface area contributed by atoms with Crippen LogP contribution in [0.25, 0.3) is 0 Å². The smallest absolute Gasteiger partial charge is 0.246 e. The van der Waals surface area contributed by atoms with E-state index in [1.54, 1.807) is 24.3 Å². The number of nitrogens with two attached hydrogens (primary N) is 3. The molecule has 0 aromatic heterocycles. The summed E-state index contributed by atoms with van der Waals surface area (Å²) in [6.07, 6.45) is 0.640. The number of anilines is 1. The highest BCUT2D eigenvalue weighted by Crippen LogP contribution is 2.12. The molecule has 0 saturated heterocycles. The van der Waals surface area contributed by atoms with Crippen LogP contribution < -0.4 is 27.8 Å². The Kier molecular flexibility index (Phi) is 11.4. The van der Waals surface area contributed by atoms with Gasteiger partial charge in [0.1, 0.15) is 6.04 Å². The number of carbonyl (C=O) groups is 3. The van der Waals surface area contributed by atoms with E-state index in [2.05, 4.69) is 10.6 Å². The quantitative estimate of drug-likeness (QED) is 0.270. The van der Waals surface area contributed by atoms with E-state index in [0.29, 0.717) is 37.2 Å². The van der Waals surface area contributed by atoms with E-state index in [0.717, 1.165) is 5.56 Å². The fraction of sp³-hybridized carbons (Fsp3) is 0.360. The molecule has 0 fully saturated rings. The molecule has 186 valence electrons. The van der Waals surface area contributed by atoms with E-state index in [1.807, 2.05) is 36.4 Å². The predicted molar refractivity (Wildman–Crippen MR) is 134 cm³/mol. The topological polar surface area (TPSA) is 180 Å². The summed E-state index contributed by atoms with van der Waals surface area (Å²) in [4.78, 5) is 39.8. The number of benzene rings is 2. The Morgan fingerprint density at radius 3 is 2.14 bits per heavy atom. The van der Waals surface area contributed by atoms with Gasteiger partial charge in [-0.15, -0.1) is 0 Å². The summed E-state index contributed by atoms with van der Waals surface area (Å²) in [5, 5.41) is 14.4. The van der Waals surface area contributed by atoms with Gasteiger partial charge < -0.3 is 32.7 Å². The molecular formula is C25H33N7O3. The highest BCUT2D eigenvalue weighted by atomic mass is 16.2. The number of aryl methyl sites for hydroxylation is 1. The second-order valence-corrected chi connectivity index (χ2v) is 8.03. The second kappa shape index (κ2) is 14.5. The van der Waals surface area contributed by atoms with Gasteiger partial charge in [0.05, 0.1) is 24.1 Å². The molecule has 2 aromatic rings. The molecule has 0 saturated carbocycles. The Hall–Kier alpha value is -3.78. The van der Waals surface area contributed by atoms with Crippen LogP contribution in [0.2, 0.25) is 0 Å². The SMILES string of the molecule is N#Cc1ccc(NC(=O)C(CCc2ccccc2)NC(=O)C(N)CC(=O)N(CCN)CCN)cc1. The van der Waals surface area contributed by atoms with Crippen molar-refractivity contribution in [3.8, 4) is 6.07 Å². The van der Waals surface area contributed by atoms with Crippen LogP contribution in [-0.2, 0) is 20.8 Å². The highest BCUT2D eigenvalue weighted by Gasteiger charge is 2.26. The van der Waals surface area contributed by atoms with Crippen LogP contribution in [0.5, 0.6) is 0 Å². The monoisotopic (exact) mass is 479 g/mol. The maximum Gasteiger partial charge on any atom is 0.246 e. The van der Waals surface area contributed by atoms with Crippen molar-refractivity contribution in [1.29, 1.82) is 5.26 Å². The van der Waals surface area contributed by atoms with E-state index >= 15 is 0 Å². The number of nitrogens with zero attached hydrogens (tertiary/aromatic N) is 2. The van der Waals surface area contributed by atoms with E-state index < -0.39 is 23.9 Å². The third-order valence-electron chi connectivity index (χ3n) is 5.36. The number of carbonyl (C=O) groups excluding carboxylic acids is 3. The summed E-state index contributed by atoms with van der Waals surface area (Å²) in [6.45, 7) is 1.17. The van der Waals surface area contributed by atoms with Crippen LogP contribution in [0, 0.1) is 11.3 Å². The van der Waals surface area contributed by atoms with E-state index in [4.69, 9.17) is 22.5 Å². The maximum absolute atomic E-state index is 13.0. The van der Waals surface area contributed by atoms with Gasteiger partial charge in [0, 0.05) is 31.9 Å². The molecule has 0 radical (unpaired) electrons. The molecule has 0 bridgehead atoms. The average molecular weight is 480 g/mol. The lowest BCUT2D eigenvalue weighted by Crippen LogP contribution is -2.52. The molecule has 10 heteroatoms. The zero-order valence-electron chi connectivity index (χ0n) is 19.7. The summed E-state index contributed by atoms with van der Waals surface area (Å²) < 4.78 is 0. The molecule has 0 spiro atoms. The molecule has 2 unspecified atom stereocenters. The van der Waals surface area contributed by atoms with Crippen molar-refractivity contribution in [2.45, 2.75) is 31.3 Å². The van der Waals surface area contributed by atoms with Crippen LogP contribution in [0.1, 0.15) is 24.0 Å². The zero-order valence-corrected chi connectivity index (χ0v) is 19.7. The van der Waals surface area contributed by atoms with E-state index in [9.17, 15) is 14.4 Å². The van der Waals surface area contributed by atoms with Gasteiger partial charge in [0.15, 0.2) is 0 Å². The third-order valence-corrected chi connectivity index (χ3v) is 5.36. The van der Waals surface area contributed by atoms with Gasteiger partial charge >= 0.3 is 0 Å².